The van der Waals surface area contributed by atoms with E-state index in [1.54, 1.807) is 13.8 Å². The average molecular weight is 409 g/mol. The number of allylic oxidation sites excluding steroid dienone is 2. The fraction of sp³-hybridized carbons (Fsp3) is 0.444. The second-order valence-electron chi connectivity index (χ2n) is 6.80. The van der Waals surface area contributed by atoms with Crippen LogP contribution in [0.2, 0.25) is 0 Å². The maximum atomic E-state index is 12.9. The summed E-state index contributed by atoms with van der Waals surface area (Å²) >= 11 is 0. The number of nitrogens with one attached hydrogen (secondary N) is 1. The molecule has 0 aromatic heterocycles. The highest BCUT2D eigenvalue weighted by atomic mass is 19.4. The van der Waals surface area contributed by atoms with Gasteiger partial charge < -0.3 is 10.4 Å². The largest absolute Gasteiger partial charge is 0.481 e. The Bertz CT molecular complexity index is 793. The lowest BCUT2D eigenvalue weighted by Crippen LogP contribution is -2.36. The van der Waals surface area contributed by atoms with Gasteiger partial charge in [0.25, 0.3) is 0 Å². The molecule has 28 heavy (non-hydrogen) atoms. The van der Waals surface area contributed by atoms with Crippen LogP contribution in [0.3, 0.4) is 0 Å². The minimum Gasteiger partial charge on any atom is -0.481 e. The van der Waals surface area contributed by atoms with Crippen LogP contribution in [0.15, 0.2) is 29.3 Å². The van der Waals surface area contributed by atoms with Gasteiger partial charge in [0, 0.05) is 5.69 Å². The summed E-state index contributed by atoms with van der Waals surface area (Å²) in [5, 5.41) is 11.4. The first-order valence-electron chi connectivity index (χ1n) is 8.18. The molecule has 0 radical (unpaired) electrons. The summed E-state index contributed by atoms with van der Waals surface area (Å²) in [4.78, 5) is 23.9. The smallest absolute Gasteiger partial charge is 0.416 e. The number of alkyl halides is 6. The maximum absolute atomic E-state index is 12.9. The van der Waals surface area contributed by atoms with Crippen molar-refractivity contribution < 1.29 is 41.0 Å². The Hall–Kier alpha value is -2.52. The van der Waals surface area contributed by atoms with Crippen molar-refractivity contribution >= 4 is 17.6 Å². The third-order valence-corrected chi connectivity index (χ3v) is 4.78. The number of hydrogen-bond acceptors (Lipinski definition) is 2. The van der Waals surface area contributed by atoms with Crippen molar-refractivity contribution in [2.45, 2.75) is 39.0 Å². The molecule has 0 saturated carbocycles. The summed E-state index contributed by atoms with van der Waals surface area (Å²) < 4.78 is 77.6. The van der Waals surface area contributed by atoms with Crippen LogP contribution in [0.25, 0.3) is 0 Å². The van der Waals surface area contributed by atoms with Gasteiger partial charge >= 0.3 is 18.3 Å². The molecule has 0 heterocycles. The Balaban J connectivity index is 2.38. The zero-order chi connectivity index (χ0) is 21.4. The minimum atomic E-state index is -5.05. The van der Waals surface area contributed by atoms with E-state index in [4.69, 9.17) is 0 Å². The van der Waals surface area contributed by atoms with E-state index in [0.717, 1.165) is 11.1 Å². The monoisotopic (exact) mass is 409 g/mol. The van der Waals surface area contributed by atoms with Gasteiger partial charge in [-0.25, -0.2) is 0 Å². The quantitative estimate of drug-likeness (QED) is 0.539. The van der Waals surface area contributed by atoms with Crippen LogP contribution < -0.4 is 5.32 Å². The summed E-state index contributed by atoms with van der Waals surface area (Å²) in [6, 6.07) is 0.728. The minimum absolute atomic E-state index is 0.0490. The van der Waals surface area contributed by atoms with Crippen molar-refractivity contribution in [3.63, 3.8) is 0 Å². The second-order valence-corrected chi connectivity index (χ2v) is 6.80. The van der Waals surface area contributed by atoms with Gasteiger partial charge in [0.1, 0.15) is 0 Å². The molecule has 2 N–H and O–H groups in total. The van der Waals surface area contributed by atoms with E-state index < -0.39 is 52.9 Å². The van der Waals surface area contributed by atoms with Gasteiger partial charge in [-0.1, -0.05) is 11.1 Å². The Morgan fingerprint density at radius 1 is 0.893 bits per heavy atom. The van der Waals surface area contributed by atoms with Crippen LogP contribution >= 0.6 is 0 Å². The number of carbonyl (C=O) groups is 2. The van der Waals surface area contributed by atoms with E-state index in [1.807, 2.05) is 5.32 Å². The molecular weight excluding hydrogens is 392 g/mol. The SMILES string of the molecule is CC1=C(C)CC(C(=O)Nc2cc(C(F)(F)F)cc(C(F)(F)F)c2)C(C(=O)O)C1. The van der Waals surface area contributed by atoms with E-state index >= 15 is 0 Å². The van der Waals surface area contributed by atoms with Gasteiger partial charge in [0.05, 0.1) is 23.0 Å². The summed E-state index contributed by atoms with van der Waals surface area (Å²) in [6.07, 6.45) is -9.97. The maximum Gasteiger partial charge on any atom is 0.416 e. The molecule has 2 unspecified atom stereocenters. The van der Waals surface area contributed by atoms with Crippen LogP contribution in [-0.2, 0) is 21.9 Å². The number of hydrogen-bond donors (Lipinski definition) is 2. The first kappa shape index (κ1) is 21.8. The zero-order valence-electron chi connectivity index (χ0n) is 14.8. The van der Waals surface area contributed by atoms with E-state index in [1.165, 1.54) is 0 Å². The topological polar surface area (TPSA) is 66.4 Å². The van der Waals surface area contributed by atoms with Gasteiger partial charge in [-0.15, -0.1) is 0 Å². The number of benzene rings is 1. The number of anilines is 1. The molecule has 0 aliphatic heterocycles. The van der Waals surface area contributed by atoms with E-state index in [0.29, 0.717) is 12.1 Å². The molecule has 0 fully saturated rings. The van der Waals surface area contributed by atoms with E-state index in [-0.39, 0.29) is 18.9 Å². The molecule has 1 aliphatic rings. The fourth-order valence-corrected chi connectivity index (χ4v) is 3.09. The number of amides is 1. The van der Waals surface area contributed by atoms with Gasteiger partial charge in [0.2, 0.25) is 5.91 Å². The molecule has 1 aromatic rings. The summed E-state index contributed by atoms with van der Waals surface area (Å²) in [6.45, 7) is 3.40. The molecular formula is C18H17F6NO3. The highest BCUT2D eigenvalue weighted by molar-refractivity contribution is 5.95. The molecule has 4 nitrogen and oxygen atoms in total. The number of halogens is 6. The normalized spacial score (nSPS) is 20.9. The third kappa shape index (κ3) is 4.85. The lowest BCUT2D eigenvalue weighted by molar-refractivity contribution is -0.146. The van der Waals surface area contributed by atoms with Gasteiger partial charge in [-0.05, 0) is 44.9 Å². The number of carboxylic acid groups (broad SMARTS) is 1. The lowest BCUT2D eigenvalue weighted by atomic mass is 9.76. The second kappa shape index (κ2) is 7.48. The number of aliphatic carboxylic acids is 1. The summed E-state index contributed by atoms with van der Waals surface area (Å²) in [5.74, 6) is -4.42. The van der Waals surface area contributed by atoms with Crippen molar-refractivity contribution in [2.24, 2.45) is 11.8 Å². The molecule has 0 spiro atoms. The first-order chi connectivity index (χ1) is 12.7. The van der Waals surface area contributed by atoms with Crippen LogP contribution in [0, 0.1) is 11.8 Å². The van der Waals surface area contributed by atoms with Crippen molar-refractivity contribution in [2.75, 3.05) is 5.32 Å². The predicted molar refractivity (Wildman–Crippen MR) is 87.3 cm³/mol. The predicted octanol–water partition coefficient (Wildman–Crippen LogP) is 5.11. The summed E-state index contributed by atoms with van der Waals surface area (Å²) in [7, 11) is 0. The Morgan fingerprint density at radius 3 is 1.71 bits per heavy atom. The van der Waals surface area contributed by atoms with E-state index in [9.17, 15) is 41.0 Å². The van der Waals surface area contributed by atoms with Crippen LogP contribution in [0.1, 0.15) is 37.8 Å². The number of carbonyl (C=O) groups excluding carboxylic acids is 1. The fourth-order valence-electron chi connectivity index (χ4n) is 3.09. The van der Waals surface area contributed by atoms with Crippen LogP contribution in [-0.4, -0.2) is 17.0 Å². The Morgan fingerprint density at radius 2 is 1.32 bits per heavy atom. The van der Waals surface area contributed by atoms with Crippen molar-refractivity contribution in [3.8, 4) is 0 Å². The highest BCUT2D eigenvalue weighted by Gasteiger charge is 2.39. The summed E-state index contributed by atoms with van der Waals surface area (Å²) in [5.41, 5.74) is -2.28. The standard InChI is InChI=1S/C18H17F6NO3/c1-8-3-13(14(16(27)28)4-9(8)2)15(26)25-12-6-10(17(19,20)21)5-11(7-12)18(22,23)24/h5-7,13-14H,3-4H2,1-2H3,(H,25,26)(H,27,28). The molecule has 0 bridgehead atoms. The van der Waals surface area contributed by atoms with Gasteiger partial charge in [-0.2, -0.15) is 26.3 Å². The Kier molecular flexibility index (Phi) is 5.82. The lowest BCUT2D eigenvalue weighted by Gasteiger charge is -2.29. The molecule has 1 amide bonds. The zero-order valence-corrected chi connectivity index (χ0v) is 14.8. The van der Waals surface area contributed by atoms with Crippen LogP contribution in [0.5, 0.6) is 0 Å². The van der Waals surface area contributed by atoms with Gasteiger partial charge in [0.15, 0.2) is 0 Å². The molecule has 10 heteroatoms. The molecule has 1 aliphatic carbocycles. The molecule has 2 atom stereocenters. The molecule has 0 saturated heterocycles. The van der Waals surface area contributed by atoms with Crippen molar-refractivity contribution in [1.82, 2.24) is 0 Å². The Labute approximate surface area is 156 Å². The first-order valence-corrected chi connectivity index (χ1v) is 8.18. The third-order valence-electron chi connectivity index (χ3n) is 4.78. The van der Waals surface area contributed by atoms with Crippen molar-refractivity contribution in [3.05, 3.63) is 40.5 Å². The average Bonchev–Trinajstić information content (AvgIpc) is 2.54. The van der Waals surface area contributed by atoms with E-state index in [2.05, 4.69) is 0 Å². The molecule has 1 aromatic carbocycles. The highest BCUT2D eigenvalue weighted by Crippen LogP contribution is 2.39. The van der Waals surface area contributed by atoms with Crippen molar-refractivity contribution in [1.29, 1.82) is 0 Å². The molecule has 2 rings (SSSR count). The number of rotatable bonds is 3. The number of carboxylic acids is 1. The molecule has 154 valence electrons. The van der Waals surface area contributed by atoms with Gasteiger partial charge in [-0.3, -0.25) is 9.59 Å². The van der Waals surface area contributed by atoms with Crippen LogP contribution in [0.4, 0.5) is 32.0 Å².